The summed E-state index contributed by atoms with van der Waals surface area (Å²) in [7, 11) is 0. The molecule has 2 atom stereocenters. The molecule has 2 unspecified atom stereocenters. The van der Waals surface area contributed by atoms with E-state index in [1.54, 1.807) is 0 Å². The van der Waals surface area contributed by atoms with E-state index in [9.17, 15) is 4.79 Å². The molecule has 4 heteroatoms. The van der Waals surface area contributed by atoms with Gasteiger partial charge in [0, 0.05) is 13.1 Å². The molecule has 1 aromatic rings. The summed E-state index contributed by atoms with van der Waals surface area (Å²) in [5, 5.41) is 2.66. The standard InChI is InChI=1S/C19H32N2O2/c1-3-16(10-11-17-8-6-5-7-9-17)12-13-18(4-2)23-19(22)21-15-14-20/h5-9,16,18H,3-4,10-15,20H2,1-2H3,(H,21,22). The Balaban J connectivity index is 2.31. The van der Waals surface area contributed by atoms with Gasteiger partial charge in [-0.1, -0.05) is 50.6 Å². The summed E-state index contributed by atoms with van der Waals surface area (Å²) in [6, 6.07) is 10.6. The summed E-state index contributed by atoms with van der Waals surface area (Å²) in [6.07, 6.45) is 6.02. The van der Waals surface area contributed by atoms with Crippen LogP contribution in [-0.2, 0) is 11.2 Å². The number of nitrogens with two attached hydrogens (primary N) is 1. The van der Waals surface area contributed by atoms with Crippen molar-refractivity contribution in [2.45, 2.75) is 58.5 Å². The van der Waals surface area contributed by atoms with Gasteiger partial charge in [0.05, 0.1) is 0 Å². The van der Waals surface area contributed by atoms with E-state index in [4.69, 9.17) is 10.5 Å². The Kier molecular flexibility index (Phi) is 10.1. The molecule has 0 heterocycles. The van der Waals surface area contributed by atoms with E-state index in [0.29, 0.717) is 19.0 Å². The topological polar surface area (TPSA) is 64.3 Å². The van der Waals surface area contributed by atoms with Gasteiger partial charge in [-0.3, -0.25) is 0 Å². The summed E-state index contributed by atoms with van der Waals surface area (Å²) >= 11 is 0. The average Bonchev–Trinajstić information content (AvgIpc) is 2.59. The van der Waals surface area contributed by atoms with Gasteiger partial charge in [-0.05, 0) is 43.6 Å². The Morgan fingerprint density at radius 3 is 2.48 bits per heavy atom. The second-order valence-corrected chi connectivity index (χ2v) is 6.03. The Morgan fingerprint density at radius 2 is 1.87 bits per heavy atom. The fourth-order valence-electron chi connectivity index (χ4n) is 2.70. The van der Waals surface area contributed by atoms with Crippen LogP contribution < -0.4 is 11.1 Å². The van der Waals surface area contributed by atoms with Crippen LogP contribution in [0.15, 0.2) is 30.3 Å². The van der Waals surface area contributed by atoms with Gasteiger partial charge in [0.2, 0.25) is 0 Å². The number of carbonyl (C=O) groups is 1. The van der Waals surface area contributed by atoms with Crippen LogP contribution in [0.1, 0.15) is 51.5 Å². The summed E-state index contributed by atoms with van der Waals surface area (Å²) < 4.78 is 5.45. The molecular formula is C19H32N2O2. The van der Waals surface area contributed by atoms with Crippen molar-refractivity contribution in [1.29, 1.82) is 0 Å². The molecule has 0 aromatic heterocycles. The zero-order valence-corrected chi connectivity index (χ0v) is 14.6. The number of carbonyl (C=O) groups excluding carboxylic acids is 1. The maximum Gasteiger partial charge on any atom is 0.407 e. The second kappa shape index (κ2) is 11.9. The molecule has 0 radical (unpaired) electrons. The van der Waals surface area contributed by atoms with Crippen molar-refractivity contribution >= 4 is 6.09 Å². The third-order valence-corrected chi connectivity index (χ3v) is 4.30. The monoisotopic (exact) mass is 320 g/mol. The van der Waals surface area contributed by atoms with E-state index >= 15 is 0 Å². The van der Waals surface area contributed by atoms with Gasteiger partial charge in [0.25, 0.3) is 0 Å². The van der Waals surface area contributed by atoms with E-state index < -0.39 is 0 Å². The second-order valence-electron chi connectivity index (χ2n) is 6.03. The Bertz CT molecular complexity index is 423. The highest BCUT2D eigenvalue weighted by atomic mass is 16.6. The first-order valence-electron chi connectivity index (χ1n) is 8.88. The average molecular weight is 320 g/mol. The Labute approximate surface area is 140 Å². The van der Waals surface area contributed by atoms with Crippen LogP contribution in [-0.4, -0.2) is 25.3 Å². The van der Waals surface area contributed by atoms with Gasteiger partial charge >= 0.3 is 6.09 Å². The van der Waals surface area contributed by atoms with Crippen molar-refractivity contribution in [2.24, 2.45) is 11.7 Å². The van der Waals surface area contributed by atoms with Crippen LogP contribution in [0.4, 0.5) is 4.79 Å². The minimum Gasteiger partial charge on any atom is -0.446 e. The molecule has 0 aliphatic rings. The number of alkyl carbamates (subject to hydrolysis) is 1. The molecule has 130 valence electrons. The number of rotatable bonds is 11. The van der Waals surface area contributed by atoms with E-state index in [1.165, 1.54) is 18.4 Å². The van der Waals surface area contributed by atoms with Gasteiger partial charge in [0.1, 0.15) is 6.10 Å². The molecule has 4 nitrogen and oxygen atoms in total. The molecule has 0 aliphatic carbocycles. The van der Waals surface area contributed by atoms with Gasteiger partial charge in [0.15, 0.2) is 0 Å². The quantitative estimate of drug-likeness (QED) is 0.650. The predicted octanol–water partition coefficient (Wildman–Crippen LogP) is 3.89. The van der Waals surface area contributed by atoms with Gasteiger partial charge in [-0.2, -0.15) is 0 Å². The first-order valence-corrected chi connectivity index (χ1v) is 8.88. The van der Waals surface area contributed by atoms with Crippen molar-refractivity contribution in [1.82, 2.24) is 5.32 Å². The molecule has 0 saturated carbocycles. The Morgan fingerprint density at radius 1 is 1.13 bits per heavy atom. The SMILES string of the molecule is CCC(CCc1ccccc1)CCC(CC)OC(=O)NCCN. The van der Waals surface area contributed by atoms with E-state index in [0.717, 1.165) is 25.7 Å². The molecule has 0 saturated heterocycles. The Hall–Kier alpha value is -1.55. The number of hydrogen-bond donors (Lipinski definition) is 2. The van der Waals surface area contributed by atoms with Crippen molar-refractivity contribution < 1.29 is 9.53 Å². The fourth-order valence-corrected chi connectivity index (χ4v) is 2.70. The van der Waals surface area contributed by atoms with Crippen LogP contribution in [0.3, 0.4) is 0 Å². The van der Waals surface area contributed by atoms with Crippen LogP contribution >= 0.6 is 0 Å². The van der Waals surface area contributed by atoms with Crippen LogP contribution in [0.5, 0.6) is 0 Å². The molecule has 0 bridgehead atoms. The van der Waals surface area contributed by atoms with E-state index in [1.807, 2.05) is 0 Å². The number of hydrogen-bond acceptors (Lipinski definition) is 3. The summed E-state index contributed by atoms with van der Waals surface area (Å²) in [5.41, 5.74) is 6.77. The summed E-state index contributed by atoms with van der Waals surface area (Å²) in [4.78, 5) is 11.6. The molecule has 1 aromatic carbocycles. The zero-order valence-electron chi connectivity index (χ0n) is 14.6. The number of ether oxygens (including phenoxy) is 1. The summed E-state index contributed by atoms with van der Waals surface area (Å²) in [5.74, 6) is 0.681. The number of aryl methyl sites for hydroxylation is 1. The third kappa shape index (κ3) is 8.60. The molecule has 3 N–H and O–H groups in total. The lowest BCUT2D eigenvalue weighted by atomic mass is 9.91. The maximum atomic E-state index is 11.6. The zero-order chi connectivity index (χ0) is 16.9. The summed E-state index contributed by atoms with van der Waals surface area (Å²) in [6.45, 7) is 5.20. The molecular weight excluding hydrogens is 288 g/mol. The van der Waals surface area contributed by atoms with Crippen LogP contribution in [0, 0.1) is 5.92 Å². The molecule has 1 amide bonds. The van der Waals surface area contributed by atoms with E-state index in [-0.39, 0.29) is 12.2 Å². The molecule has 23 heavy (non-hydrogen) atoms. The first-order chi connectivity index (χ1) is 11.2. The van der Waals surface area contributed by atoms with Gasteiger partial charge in [-0.15, -0.1) is 0 Å². The lowest BCUT2D eigenvalue weighted by Crippen LogP contribution is -2.32. The smallest absolute Gasteiger partial charge is 0.407 e. The molecule has 1 rings (SSSR count). The predicted molar refractivity (Wildman–Crippen MR) is 95.4 cm³/mol. The fraction of sp³-hybridized carbons (Fsp3) is 0.632. The largest absolute Gasteiger partial charge is 0.446 e. The third-order valence-electron chi connectivity index (χ3n) is 4.30. The number of amides is 1. The number of benzene rings is 1. The van der Waals surface area contributed by atoms with Crippen molar-refractivity contribution in [2.75, 3.05) is 13.1 Å². The molecule has 0 spiro atoms. The highest BCUT2D eigenvalue weighted by Crippen LogP contribution is 2.21. The first kappa shape index (κ1) is 19.5. The lowest BCUT2D eigenvalue weighted by molar-refractivity contribution is 0.0858. The van der Waals surface area contributed by atoms with Gasteiger partial charge in [-0.25, -0.2) is 4.79 Å². The molecule has 0 fully saturated rings. The van der Waals surface area contributed by atoms with Crippen LogP contribution in [0.25, 0.3) is 0 Å². The van der Waals surface area contributed by atoms with Crippen molar-refractivity contribution in [3.63, 3.8) is 0 Å². The van der Waals surface area contributed by atoms with Crippen LogP contribution in [0.2, 0.25) is 0 Å². The minimum absolute atomic E-state index is 0.00134. The minimum atomic E-state index is -0.348. The van der Waals surface area contributed by atoms with Crippen molar-refractivity contribution in [3.05, 3.63) is 35.9 Å². The highest BCUT2D eigenvalue weighted by Gasteiger charge is 2.15. The normalized spacial score (nSPS) is 13.3. The van der Waals surface area contributed by atoms with Crippen molar-refractivity contribution in [3.8, 4) is 0 Å². The maximum absolute atomic E-state index is 11.6. The molecule has 0 aliphatic heterocycles. The highest BCUT2D eigenvalue weighted by molar-refractivity contribution is 5.67. The van der Waals surface area contributed by atoms with E-state index in [2.05, 4.69) is 49.5 Å². The number of nitrogens with one attached hydrogen (secondary N) is 1. The lowest BCUT2D eigenvalue weighted by Gasteiger charge is -2.20. The van der Waals surface area contributed by atoms with Gasteiger partial charge < -0.3 is 15.8 Å².